The second-order valence-electron chi connectivity index (χ2n) is 4.94. The van der Waals surface area contributed by atoms with Gasteiger partial charge in [-0.05, 0) is 24.5 Å². The molecule has 2 N–H and O–H groups in total. The zero-order valence-corrected chi connectivity index (χ0v) is 11.3. The molecule has 104 valence electrons. The maximum atomic E-state index is 12.1. The predicted molar refractivity (Wildman–Crippen MR) is 73.4 cm³/mol. The fraction of sp³-hybridized carbons (Fsp3) is 0.500. The van der Waals surface area contributed by atoms with Gasteiger partial charge in [0.2, 0.25) is 0 Å². The number of ether oxygens (including phenoxy) is 1. The molecule has 1 heterocycles. The Bertz CT molecular complexity index is 450. The van der Waals surface area contributed by atoms with E-state index >= 15 is 0 Å². The average molecular weight is 264 g/mol. The highest BCUT2D eigenvalue weighted by Crippen LogP contribution is 2.20. The predicted octanol–water partition coefficient (Wildman–Crippen LogP) is 1.93. The molecule has 1 saturated heterocycles. The standard InChI is InChI=1S/C14H20N2O3/c1-10-6-7-16(9-13(10)17)14(18)15-11-4-3-5-12(8-11)19-2/h3-5,8,10,13,17H,6-7,9H2,1-2H3,(H,15,18). The zero-order valence-electron chi connectivity index (χ0n) is 11.3. The average Bonchev–Trinajstić information content (AvgIpc) is 2.42. The highest BCUT2D eigenvalue weighted by Gasteiger charge is 2.27. The zero-order chi connectivity index (χ0) is 13.8. The van der Waals surface area contributed by atoms with E-state index in [0.717, 1.165) is 6.42 Å². The molecule has 1 aromatic rings. The van der Waals surface area contributed by atoms with Crippen molar-refractivity contribution in [2.45, 2.75) is 19.4 Å². The normalized spacial score (nSPS) is 23.0. The molecule has 1 aliphatic rings. The molecule has 2 atom stereocenters. The van der Waals surface area contributed by atoms with Crippen molar-refractivity contribution in [3.63, 3.8) is 0 Å². The largest absolute Gasteiger partial charge is 0.497 e. The van der Waals surface area contributed by atoms with Gasteiger partial charge in [0.15, 0.2) is 0 Å². The minimum Gasteiger partial charge on any atom is -0.497 e. The van der Waals surface area contributed by atoms with Crippen LogP contribution in [0.15, 0.2) is 24.3 Å². The topological polar surface area (TPSA) is 61.8 Å². The second kappa shape index (κ2) is 5.93. The Labute approximate surface area is 113 Å². The highest BCUT2D eigenvalue weighted by atomic mass is 16.5. The fourth-order valence-electron chi connectivity index (χ4n) is 2.14. The van der Waals surface area contributed by atoms with Gasteiger partial charge in [0.1, 0.15) is 5.75 Å². The van der Waals surface area contributed by atoms with Gasteiger partial charge in [0.05, 0.1) is 13.2 Å². The van der Waals surface area contributed by atoms with Crippen molar-refractivity contribution in [2.75, 3.05) is 25.5 Å². The molecule has 2 rings (SSSR count). The summed E-state index contributed by atoms with van der Waals surface area (Å²) in [5.74, 6) is 0.950. The van der Waals surface area contributed by atoms with E-state index in [2.05, 4.69) is 5.32 Å². The van der Waals surface area contributed by atoms with Crippen LogP contribution < -0.4 is 10.1 Å². The number of β-amino-alcohol motifs (C(OH)–C–C–N with tert-alkyl or cyclic N) is 1. The molecule has 0 aliphatic carbocycles. The quantitative estimate of drug-likeness (QED) is 0.858. The summed E-state index contributed by atoms with van der Waals surface area (Å²) in [4.78, 5) is 13.7. The van der Waals surface area contributed by atoms with Gasteiger partial charge in [-0.3, -0.25) is 0 Å². The fourth-order valence-corrected chi connectivity index (χ4v) is 2.14. The monoisotopic (exact) mass is 264 g/mol. The van der Waals surface area contributed by atoms with Crippen molar-refractivity contribution < 1.29 is 14.6 Å². The smallest absolute Gasteiger partial charge is 0.321 e. The Kier molecular flexibility index (Phi) is 4.27. The van der Waals surface area contributed by atoms with E-state index in [0.29, 0.717) is 24.5 Å². The van der Waals surface area contributed by atoms with Crippen LogP contribution in [0.4, 0.5) is 10.5 Å². The number of carbonyl (C=O) groups excluding carboxylic acids is 1. The Balaban J connectivity index is 1.97. The molecule has 5 nitrogen and oxygen atoms in total. The molecule has 1 fully saturated rings. The number of aliphatic hydroxyl groups is 1. The first-order valence-electron chi connectivity index (χ1n) is 6.48. The van der Waals surface area contributed by atoms with Crippen LogP contribution in [-0.2, 0) is 0 Å². The number of urea groups is 1. The summed E-state index contributed by atoms with van der Waals surface area (Å²) in [6, 6.07) is 7.03. The number of aliphatic hydroxyl groups excluding tert-OH is 1. The van der Waals surface area contributed by atoms with E-state index in [9.17, 15) is 9.90 Å². The molecule has 0 aromatic heterocycles. The Morgan fingerprint density at radius 1 is 1.53 bits per heavy atom. The van der Waals surface area contributed by atoms with Crippen LogP contribution in [0.3, 0.4) is 0 Å². The third-order valence-electron chi connectivity index (χ3n) is 3.53. The lowest BCUT2D eigenvalue weighted by Gasteiger charge is -2.34. The van der Waals surface area contributed by atoms with Crippen LogP contribution >= 0.6 is 0 Å². The van der Waals surface area contributed by atoms with Crippen LogP contribution in [0.1, 0.15) is 13.3 Å². The number of piperidine rings is 1. The second-order valence-corrected chi connectivity index (χ2v) is 4.94. The van der Waals surface area contributed by atoms with Crippen molar-refractivity contribution >= 4 is 11.7 Å². The van der Waals surface area contributed by atoms with E-state index < -0.39 is 6.10 Å². The highest BCUT2D eigenvalue weighted by molar-refractivity contribution is 5.89. The Morgan fingerprint density at radius 2 is 2.32 bits per heavy atom. The summed E-state index contributed by atoms with van der Waals surface area (Å²) in [6.45, 7) is 3.06. The van der Waals surface area contributed by atoms with Gasteiger partial charge in [-0.2, -0.15) is 0 Å². The number of amides is 2. The number of carbonyl (C=O) groups is 1. The lowest BCUT2D eigenvalue weighted by Crippen LogP contribution is -2.47. The minimum absolute atomic E-state index is 0.181. The van der Waals surface area contributed by atoms with Gasteiger partial charge in [-0.1, -0.05) is 13.0 Å². The van der Waals surface area contributed by atoms with Gasteiger partial charge in [0, 0.05) is 24.8 Å². The SMILES string of the molecule is COc1cccc(NC(=O)N2CCC(C)C(O)C2)c1. The van der Waals surface area contributed by atoms with Crippen LogP contribution in [0.2, 0.25) is 0 Å². The van der Waals surface area contributed by atoms with Gasteiger partial charge in [-0.25, -0.2) is 4.79 Å². The van der Waals surface area contributed by atoms with Crippen LogP contribution in [-0.4, -0.2) is 42.3 Å². The van der Waals surface area contributed by atoms with Gasteiger partial charge in [0.25, 0.3) is 0 Å². The summed E-state index contributed by atoms with van der Waals surface area (Å²) in [5, 5.41) is 12.6. The van der Waals surface area contributed by atoms with Crippen molar-refractivity contribution in [3.05, 3.63) is 24.3 Å². The molecule has 5 heteroatoms. The number of benzene rings is 1. The van der Waals surface area contributed by atoms with Crippen molar-refractivity contribution in [3.8, 4) is 5.75 Å². The lowest BCUT2D eigenvalue weighted by atomic mass is 9.96. The Hall–Kier alpha value is -1.75. The van der Waals surface area contributed by atoms with Gasteiger partial charge < -0.3 is 20.1 Å². The summed E-state index contributed by atoms with van der Waals surface area (Å²) in [6.07, 6.45) is 0.386. The maximum absolute atomic E-state index is 12.1. The molecular formula is C14H20N2O3. The summed E-state index contributed by atoms with van der Waals surface area (Å²) >= 11 is 0. The Morgan fingerprint density at radius 3 is 3.00 bits per heavy atom. The number of rotatable bonds is 2. The number of nitrogens with one attached hydrogen (secondary N) is 1. The number of hydrogen-bond acceptors (Lipinski definition) is 3. The van der Waals surface area contributed by atoms with Gasteiger partial charge in [-0.15, -0.1) is 0 Å². The number of anilines is 1. The summed E-state index contributed by atoms with van der Waals surface area (Å²) in [5.41, 5.74) is 0.692. The summed E-state index contributed by atoms with van der Waals surface area (Å²) < 4.78 is 5.11. The number of hydrogen-bond donors (Lipinski definition) is 2. The van der Waals surface area contributed by atoms with Crippen LogP contribution in [0.5, 0.6) is 5.75 Å². The first-order chi connectivity index (χ1) is 9.10. The molecule has 1 aliphatic heterocycles. The molecule has 2 amide bonds. The van der Waals surface area contributed by atoms with Crippen molar-refractivity contribution in [1.82, 2.24) is 4.90 Å². The molecule has 2 unspecified atom stereocenters. The third kappa shape index (κ3) is 3.38. The van der Waals surface area contributed by atoms with Crippen molar-refractivity contribution in [1.29, 1.82) is 0 Å². The molecule has 0 saturated carbocycles. The van der Waals surface area contributed by atoms with E-state index in [1.165, 1.54) is 0 Å². The minimum atomic E-state index is -0.440. The molecule has 0 radical (unpaired) electrons. The molecule has 0 bridgehead atoms. The van der Waals surface area contributed by atoms with Crippen LogP contribution in [0, 0.1) is 5.92 Å². The maximum Gasteiger partial charge on any atom is 0.321 e. The molecule has 0 spiro atoms. The summed E-state index contributed by atoms with van der Waals surface area (Å²) in [7, 11) is 1.59. The number of methoxy groups -OCH3 is 1. The first-order valence-corrected chi connectivity index (χ1v) is 6.48. The number of nitrogens with zero attached hydrogens (tertiary/aromatic N) is 1. The van der Waals surface area contributed by atoms with E-state index in [-0.39, 0.29) is 11.9 Å². The van der Waals surface area contributed by atoms with Gasteiger partial charge >= 0.3 is 6.03 Å². The third-order valence-corrected chi connectivity index (χ3v) is 3.53. The molecular weight excluding hydrogens is 244 g/mol. The van der Waals surface area contributed by atoms with E-state index in [1.54, 1.807) is 18.1 Å². The van der Waals surface area contributed by atoms with Crippen molar-refractivity contribution in [2.24, 2.45) is 5.92 Å². The molecule has 19 heavy (non-hydrogen) atoms. The van der Waals surface area contributed by atoms with E-state index in [1.807, 2.05) is 25.1 Å². The number of likely N-dealkylation sites (tertiary alicyclic amines) is 1. The molecule has 1 aromatic carbocycles. The lowest BCUT2D eigenvalue weighted by molar-refractivity contribution is 0.0464. The first kappa shape index (κ1) is 13.7. The van der Waals surface area contributed by atoms with E-state index in [4.69, 9.17) is 4.74 Å². The van der Waals surface area contributed by atoms with Crippen LogP contribution in [0.25, 0.3) is 0 Å².